The summed E-state index contributed by atoms with van der Waals surface area (Å²) >= 11 is 3.42. The second kappa shape index (κ2) is 6.43. The van der Waals surface area contributed by atoms with Gasteiger partial charge in [-0.2, -0.15) is 0 Å². The Bertz CT molecular complexity index is 629. The first-order valence-corrected chi connectivity index (χ1v) is 6.89. The largest absolute Gasteiger partial charge is 0.484 e. The molecule has 0 aliphatic rings. The average Bonchev–Trinajstić information content (AvgIpc) is 2.42. The van der Waals surface area contributed by atoms with Gasteiger partial charge in [-0.3, -0.25) is 4.79 Å². The molecule has 0 aromatic heterocycles. The first kappa shape index (κ1) is 14.4. The quantitative estimate of drug-likeness (QED) is 0.842. The highest BCUT2D eigenvalue weighted by molar-refractivity contribution is 9.10. The van der Waals surface area contributed by atoms with E-state index in [1.54, 1.807) is 24.3 Å². The number of carbonyl (C=O) groups is 1. The van der Waals surface area contributed by atoms with Gasteiger partial charge in [0.25, 0.3) is 5.91 Å². The average molecular weight is 335 g/mol. The van der Waals surface area contributed by atoms with Crippen LogP contribution in [0, 0.1) is 6.92 Å². The maximum atomic E-state index is 11.9. The number of hydrogen-bond acceptors (Lipinski definition) is 3. The van der Waals surface area contributed by atoms with Crippen LogP contribution >= 0.6 is 15.9 Å². The van der Waals surface area contributed by atoms with Crippen LogP contribution < -0.4 is 15.8 Å². The molecule has 0 aliphatic heterocycles. The smallest absolute Gasteiger partial charge is 0.262 e. The molecule has 3 N–H and O–H groups in total. The molecule has 0 bridgehead atoms. The van der Waals surface area contributed by atoms with E-state index in [1.165, 1.54) is 0 Å². The molecule has 0 aliphatic carbocycles. The molecule has 0 atom stereocenters. The molecule has 0 unspecified atom stereocenters. The topological polar surface area (TPSA) is 64.3 Å². The van der Waals surface area contributed by atoms with Crippen LogP contribution in [-0.2, 0) is 4.79 Å². The van der Waals surface area contributed by atoms with Crippen LogP contribution in [0.3, 0.4) is 0 Å². The van der Waals surface area contributed by atoms with Gasteiger partial charge in [-0.25, -0.2) is 0 Å². The van der Waals surface area contributed by atoms with E-state index in [0.29, 0.717) is 11.4 Å². The molecule has 0 saturated heterocycles. The van der Waals surface area contributed by atoms with Crippen LogP contribution in [0.1, 0.15) is 5.56 Å². The summed E-state index contributed by atoms with van der Waals surface area (Å²) in [6.45, 7) is 1.87. The lowest BCUT2D eigenvalue weighted by molar-refractivity contribution is -0.118. The van der Waals surface area contributed by atoms with Crippen molar-refractivity contribution in [2.75, 3.05) is 17.7 Å². The van der Waals surface area contributed by atoms with Crippen molar-refractivity contribution in [2.45, 2.75) is 6.92 Å². The fourth-order valence-electron chi connectivity index (χ4n) is 1.68. The molecular formula is C15H15BrN2O2. The zero-order valence-electron chi connectivity index (χ0n) is 11.0. The Morgan fingerprint density at radius 1 is 1.30 bits per heavy atom. The lowest BCUT2D eigenvalue weighted by atomic mass is 10.2. The van der Waals surface area contributed by atoms with Gasteiger partial charge in [0.15, 0.2) is 6.61 Å². The van der Waals surface area contributed by atoms with Crippen molar-refractivity contribution in [3.8, 4) is 5.75 Å². The molecule has 20 heavy (non-hydrogen) atoms. The maximum absolute atomic E-state index is 11.9. The number of rotatable bonds is 4. The van der Waals surface area contributed by atoms with E-state index in [4.69, 9.17) is 10.5 Å². The molecule has 5 heteroatoms. The van der Waals surface area contributed by atoms with Gasteiger partial charge in [0.1, 0.15) is 5.75 Å². The summed E-state index contributed by atoms with van der Waals surface area (Å²) in [4.78, 5) is 11.9. The molecule has 2 aromatic rings. The first-order chi connectivity index (χ1) is 9.56. The van der Waals surface area contributed by atoms with Crippen molar-refractivity contribution in [2.24, 2.45) is 0 Å². The molecular weight excluding hydrogens is 320 g/mol. The molecule has 104 valence electrons. The summed E-state index contributed by atoms with van der Waals surface area (Å²) < 4.78 is 6.34. The fraction of sp³-hybridized carbons (Fsp3) is 0.133. The van der Waals surface area contributed by atoms with Crippen molar-refractivity contribution >= 4 is 33.2 Å². The summed E-state index contributed by atoms with van der Waals surface area (Å²) in [6, 6.07) is 12.6. The summed E-state index contributed by atoms with van der Waals surface area (Å²) in [5, 5.41) is 2.81. The Kier molecular flexibility index (Phi) is 4.63. The number of amides is 1. The monoisotopic (exact) mass is 334 g/mol. The van der Waals surface area contributed by atoms with E-state index in [-0.39, 0.29) is 12.5 Å². The zero-order chi connectivity index (χ0) is 14.5. The Hall–Kier alpha value is -2.01. The third-order valence-electron chi connectivity index (χ3n) is 2.77. The maximum Gasteiger partial charge on any atom is 0.262 e. The molecule has 2 aromatic carbocycles. The second-order valence-electron chi connectivity index (χ2n) is 4.32. The van der Waals surface area contributed by atoms with Gasteiger partial charge in [0.2, 0.25) is 0 Å². The number of halogens is 1. The van der Waals surface area contributed by atoms with E-state index in [0.717, 1.165) is 15.7 Å². The highest BCUT2D eigenvalue weighted by atomic mass is 79.9. The fourth-order valence-corrected chi connectivity index (χ4v) is 2.05. The summed E-state index contributed by atoms with van der Waals surface area (Å²) in [5.41, 5.74) is 7.98. The Morgan fingerprint density at radius 2 is 2.05 bits per heavy atom. The van der Waals surface area contributed by atoms with E-state index in [1.807, 2.05) is 25.1 Å². The van der Waals surface area contributed by atoms with Crippen LogP contribution in [0.15, 0.2) is 46.9 Å². The van der Waals surface area contributed by atoms with Gasteiger partial charge >= 0.3 is 0 Å². The highest BCUT2D eigenvalue weighted by Gasteiger charge is 2.07. The lowest BCUT2D eigenvalue weighted by Gasteiger charge is -2.10. The first-order valence-electron chi connectivity index (χ1n) is 6.09. The third kappa shape index (κ3) is 3.74. The van der Waals surface area contributed by atoms with Crippen molar-refractivity contribution in [1.82, 2.24) is 0 Å². The second-order valence-corrected chi connectivity index (χ2v) is 5.18. The summed E-state index contributed by atoms with van der Waals surface area (Å²) in [5.74, 6) is 0.361. The third-order valence-corrected chi connectivity index (χ3v) is 3.63. The SMILES string of the molecule is Cc1c(Br)cccc1NC(=O)COc1cccc(N)c1. The van der Waals surface area contributed by atoms with E-state index in [2.05, 4.69) is 21.2 Å². The number of nitrogens with two attached hydrogens (primary N) is 1. The zero-order valence-corrected chi connectivity index (χ0v) is 12.6. The van der Waals surface area contributed by atoms with Gasteiger partial charge in [-0.1, -0.05) is 28.1 Å². The van der Waals surface area contributed by atoms with Crippen LogP contribution in [-0.4, -0.2) is 12.5 Å². The Labute approximate surface area is 126 Å². The molecule has 0 radical (unpaired) electrons. The van der Waals surface area contributed by atoms with Gasteiger partial charge in [0, 0.05) is 21.9 Å². The minimum Gasteiger partial charge on any atom is -0.484 e. The standard InChI is InChI=1S/C15H15BrN2O2/c1-10-13(16)6-3-7-14(10)18-15(19)9-20-12-5-2-4-11(17)8-12/h2-8H,9,17H2,1H3,(H,18,19). The number of nitrogen functional groups attached to an aromatic ring is 1. The molecule has 0 saturated carbocycles. The van der Waals surface area contributed by atoms with E-state index >= 15 is 0 Å². The van der Waals surface area contributed by atoms with E-state index < -0.39 is 0 Å². The number of benzene rings is 2. The van der Waals surface area contributed by atoms with Gasteiger partial charge < -0.3 is 15.8 Å². The number of nitrogens with one attached hydrogen (secondary N) is 1. The minimum atomic E-state index is -0.214. The van der Waals surface area contributed by atoms with Crippen LogP contribution in [0.2, 0.25) is 0 Å². The normalized spacial score (nSPS) is 10.1. The van der Waals surface area contributed by atoms with Crippen molar-refractivity contribution in [3.05, 3.63) is 52.5 Å². The van der Waals surface area contributed by atoms with Crippen LogP contribution in [0.5, 0.6) is 5.75 Å². The predicted molar refractivity (Wildman–Crippen MR) is 83.9 cm³/mol. The van der Waals surface area contributed by atoms with Gasteiger partial charge in [0.05, 0.1) is 0 Å². The number of anilines is 2. The highest BCUT2D eigenvalue weighted by Crippen LogP contribution is 2.23. The molecule has 4 nitrogen and oxygen atoms in total. The number of hydrogen-bond donors (Lipinski definition) is 2. The van der Waals surface area contributed by atoms with E-state index in [9.17, 15) is 4.79 Å². The Balaban J connectivity index is 1.94. The van der Waals surface area contributed by atoms with Crippen molar-refractivity contribution in [1.29, 1.82) is 0 Å². The summed E-state index contributed by atoms with van der Waals surface area (Å²) in [7, 11) is 0. The molecule has 0 spiro atoms. The predicted octanol–water partition coefficient (Wildman–Crippen LogP) is 3.36. The van der Waals surface area contributed by atoms with Crippen LogP contribution in [0.4, 0.5) is 11.4 Å². The Morgan fingerprint density at radius 3 is 2.80 bits per heavy atom. The molecule has 0 fully saturated rings. The van der Waals surface area contributed by atoms with Gasteiger partial charge in [-0.05, 0) is 36.8 Å². The van der Waals surface area contributed by atoms with Crippen LogP contribution in [0.25, 0.3) is 0 Å². The minimum absolute atomic E-state index is 0.0601. The lowest BCUT2D eigenvalue weighted by Crippen LogP contribution is -2.20. The molecule has 2 rings (SSSR count). The summed E-state index contributed by atoms with van der Waals surface area (Å²) in [6.07, 6.45) is 0. The van der Waals surface area contributed by atoms with Crippen molar-refractivity contribution in [3.63, 3.8) is 0 Å². The van der Waals surface area contributed by atoms with Gasteiger partial charge in [-0.15, -0.1) is 0 Å². The molecule has 1 amide bonds. The number of carbonyl (C=O) groups excluding carboxylic acids is 1. The van der Waals surface area contributed by atoms with Crippen molar-refractivity contribution < 1.29 is 9.53 Å². The number of ether oxygens (including phenoxy) is 1. The molecule has 0 heterocycles.